The van der Waals surface area contributed by atoms with Gasteiger partial charge in [0.15, 0.2) is 0 Å². The first-order valence-electron chi connectivity index (χ1n) is 3.74. The highest BCUT2D eigenvalue weighted by Crippen LogP contribution is 2.00. The van der Waals surface area contributed by atoms with Crippen LogP contribution in [-0.2, 0) is 21.1 Å². The van der Waals surface area contributed by atoms with Crippen LogP contribution in [0.4, 0.5) is 4.79 Å². The van der Waals surface area contributed by atoms with Crippen molar-refractivity contribution in [3.8, 4) is 0 Å². The summed E-state index contributed by atoms with van der Waals surface area (Å²) in [6.07, 6.45) is -0.851. The van der Waals surface area contributed by atoms with E-state index in [0.29, 0.717) is 0 Å². The summed E-state index contributed by atoms with van der Waals surface area (Å²) >= 11 is 0. The van der Waals surface area contributed by atoms with Crippen molar-refractivity contribution in [3.63, 3.8) is 0 Å². The Kier molecular flexibility index (Phi) is 3.78. The minimum absolute atomic E-state index is 0.218. The van der Waals surface area contributed by atoms with Crippen molar-refractivity contribution in [3.05, 3.63) is 35.9 Å². The molecule has 1 rings (SSSR count). The van der Waals surface area contributed by atoms with Crippen LogP contribution >= 0.6 is 0 Å². The predicted molar refractivity (Wildman–Crippen MR) is 44.7 cm³/mol. The van der Waals surface area contributed by atoms with Crippen LogP contribution in [-0.4, -0.2) is 13.3 Å². The molecule has 0 N–H and O–H groups in total. The average Bonchev–Trinajstić information content (AvgIpc) is 2.19. The molecule has 0 bridgehead atoms. The van der Waals surface area contributed by atoms with Crippen LogP contribution in [0.3, 0.4) is 0 Å². The minimum atomic E-state index is -0.851. The van der Waals surface area contributed by atoms with Gasteiger partial charge in [-0.05, 0) is 5.56 Å². The normalized spacial score (nSPS) is 9.31. The number of methoxy groups -OCH3 is 1. The molecule has 13 heavy (non-hydrogen) atoms. The second-order valence-corrected chi connectivity index (χ2v) is 2.29. The van der Waals surface area contributed by atoms with Crippen LogP contribution in [0.25, 0.3) is 0 Å². The van der Waals surface area contributed by atoms with Gasteiger partial charge in [-0.3, -0.25) is 4.89 Å². The lowest BCUT2D eigenvalue weighted by Crippen LogP contribution is -2.04. The van der Waals surface area contributed by atoms with Crippen molar-refractivity contribution in [2.24, 2.45) is 0 Å². The van der Waals surface area contributed by atoms with Crippen molar-refractivity contribution in [2.45, 2.75) is 6.61 Å². The number of rotatable bonds is 3. The molecule has 0 amide bonds. The number of carbonyl (C=O) groups excluding carboxylic acids is 1. The van der Waals surface area contributed by atoms with Gasteiger partial charge in [0.05, 0.1) is 7.11 Å². The Bertz CT molecular complexity index is 258. The van der Waals surface area contributed by atoms with Crippen molar-refractivity contribution in [2.75, 3.05) is 7.11 Å². The van der Waals surface area contributed by atoms with Crippen molar-refractivity contribution in [1.29, 1.82) is 0 Å². The fourth-order valence-electron chi connectivity index (χ4n) is 0.754. The molecule has 1 aromatic carbocycles. The lowest BCUT2D eigenvalue weighted by Gasteiger charge is -2.01. The molecule has 0 aromatic heterocycles. The largest absolute Gasteiger partial charge is 0.540 e. The standard InChI is InChI=1S/C9H10O4/c1-11-9(10)13-12-7-8-5-3-2-4-6-8/h2-6H,7H2,1H3. The van der Waals surface area contributed by atoms with E-state index in [1.807, 2.05) is 30.3 Å². The van der Waals surface area contributed by atoms with E-state index in [9.17, 15) is 4.79 Å². The third kappa shape index (κ3) is 3.57. The Morgan fingerprint density at radius 2 is 2.00 bits per heavy atom. The van der Waals surface area contributed by atoms with Crippen LogP contribution in [0, 0.1) is 0 Å². The molecular formula is C9H10O4. The van der Waals surface area contributed by atoms with Gasteiger partial charge in [0.25, 0.3) is 0 Å². The van der Waals surface area contributed by atoms with E-state index in [4.69, 9.17) is 0 Å². The number of ether oxygens (including phenoxy) is 1. The Morgan fingerprint density at radius 1 is 1.31 bits per heavy atom. The molecule has 0 spiro atoms. The minimum Gasteiger partial charge on any atom is -0.436 e. The summed E-state index contributed by atoms with van der Waals surface area (Å²) in [4.78, 5) is 19.3. The molecule has 4 nitrogen and oxygen atoms in total. The van der Waals surface area contributed by atoms with Crippen molar-refractivity contribution < 1.29 is 19.3 Å². The Balaban J connectivity index is 2.24. The summed E-state index contributed by atoms with van der Waals surface area (Å²) < 4.78 is 4.20. The van der Waals surface area contributed by atoms with Gasteiger partial charge in [0.1, 0.15) is 6.61 Å². The van der Waals surface area contributed by atoms with Crippen LogP contribution in [0.2, 0.25) is 0 Å². The van der Waals surface area contributed by atoms with Gasteiger partial charge in [-0.2, -0.15) is 4.89 Å². The number of benzene rings is 1. The second-order valence-electron chi connectivity index (χ2n) is 2.29. The average molecular weight is 182 g/mol. The second kappa shape index (κ2) is 5.16. The summed E-state index contributed by atoms with van der Waals surface area (Å²) in [5, 5.41) is 0. The van der Waals surface area contributed by atoms with Crippen molar-refractivity contribution in [1.82, 2.24) is 0 Å². The molecule has 4 heteroatoms. The van der Waals surface area contributed by atoms with Crippen molar-refractivity contribution >= 4 is 6.16 Å². The number of hydrogen-bond acceptors (Lipinski definition) is 4. The topological polar surface area (TPSA) is 44.8 Å². The molecule has 70 valence electrons. The maximum Gasteiger partial charge on any atom is 0.540 e. The fourth-order valence-corrected chi connectivity index (χ4v) is 0.754. The monoisotopic (exact) mass is 182 g/mol. The maximum atomic E-state index is 10.4. The Hall–Kier alpha value is -1.55. The van der Waals surface area contributed by atoms with Gasteiger partial charge >= 0.3 is 6.16 Å². The predicted octanol–water partition coefficient (Wildman–Crippen LogP) is 1.90. The van der Waals surface area contributed by atoms with Gasteiger partial charge < -0.3 is 4.74 Å². The summed E-state index contributed by atoms with van der Waals surface area (Å²) in [5.74, 6) is 0. The highest BCUT2D eigenvalue weighted by molar-refractivity contribution is 5.58. The molecule has 0 heterocycles. The van der Waals surface area contributed by atoms with Crippen LogP contribution in [0.1, 0.15) is 5.56 Å². The molecular weight excluding hydrogens is 172 g/mol. The van der Waals surface area contributed by atoms with Crippen LogP contribution in [0.15, 0.2) is 30.3 Å². The molecule has 0 saturated carbocycles. The quantitative estimate of drug-likeness (QED) is 0.407. The number of hydrogen-bond donors (Lipinski definition) is 0. The van der Waals surface area contributed by atoms with Gasteiger partial charge in [-0.1, -0.05) is 30.3 Å². The highest BCUT2D eigenvalue weighted by atomic mass is 17.2. The molecule has 0 unspecified atom stereocenters. The first kappa shape index (κ1) is 9.54. The third-order valence-electron chi connectivity index (χ3n) is 1.36. The Morgan fingerprint density at radius 3 is 2.62 bits per heavy atom. The van der Waals surface area contributed by atoms with Gasteiger partial charge in [-0.25, -0.2) is 4.79 Å². The summed E-state index contributed by atoms with van der Waals surface area (Å²) in [6.45, 7) is 0.218. The first-order chi connectivity index (χ1) is 6.33. The van der Waals surface area contributed by atoms with E-state index in [0.717, 1.165) is 5.56 Å². The van der Waals surface area contributed by atoms with Gasteiger partial charge in [0, 0.05) is 0 Å². The molecule has 0 aliphatic heterocycles. The third-order valence-corrected chi connectivity index (χ3v) is 1.36. The lowest BCUT2D eigenvalue weighted by molar-refractivity contribution is -0.262. The number of carbonyl (C=O) groups is 1. The lowest BCUT2D eigenvalue weighted by atomic mass is 10.2. The van der Waals surface area contributed by atoms with E-state index in [-0.39, 0.29) is 6.61 Å². The molecule has 0 aliphatic rings. The first-order valence-corrected chi connectivity index (χ1v) is 3.74. The van der Waals surface area contributed by atoms with Crippen LogP contribution < -0.4 is 0 Å². The Labute approximate surface area is 76.0 Å². The fraction of sp³-hybridized carbons (Fsp3) is 0.222. The smallest absolute Gasteiger partial charge is 0.436 e. The molecule has 0 radical (unpaired) electrons. The van der Waals surface area contributed by atoms with E-state index in [1.54, 1.807) is 0 Å². The summed E-state index contributed by atoms with van der Waals surface area (Å²) in [6, 6.07) is 9.36. The maximum absolute atomic E-state index is 10.4. The zero-order valence-electron chi connectivity index (χ0n) is 7.23. The molecule has 0 atom stereocenters. The van der Waals surface area contributed by atoms with Gasteiger partial charge in [-0.15, -0.1) is 0 Å². The van der Waals surface area contributed by atoms with E-state index in [2.05, 4.69) is 14.5 Å². The molecule has 0 saturated heterocycles. The zero-order chi connectivity index (χ0) is 9.52. The zero-order valence-corrected chi connectivity index (χ0v) is 7.23. The van der Waals surface area contributed by atoms with E-state index in [1.165, 1.54) is 7.11 Å². The summed E-state index contributed by atoms with van der Waals surface area (Å²) in [5.41, 5.74) is 0.923. The summed E-state index contributed by atoms with van der Waals surface area (Å²) in [7, 11) is 1.22. The van der Waals surface area contributed by atoms with Crippen LogP contribution in [0.5, 0.6) is 0 Å². The highest BCUT2D eigenvalue weighted by Gasteiger charge is 2.00. The molecule has 0 fully saturated rings. The molecule has 1 aromatic rings. The van der Waals surface area contributed by atoms with E-state index < -0.39 is 6.16 Å². The van der Waals surface area contributed by atoms with E-state index >= 15 is 0 Å². The molecule has 0 aliphatic carbocycles. The van der Waals surface area contributed by atoms with Gasteiger partial charge in [0.2, 0.25) is 0 Å². The SMILES string of the molecule is COC(=O)OOCc1ccccc1.